The average Bonchev–Trinajstić information content (AvgIpc) is 2.71. The van der Waals surface area contributed by atoms with Gasteiger partial charge in [0, 0.05) is 17.6 Å². The van der Waals surface area contributed by atoms with Crippen molar-refractivity contribution in [3.63, 3.8) is 0 Å². The fourth-order valence-electron chi connectivity index (χ4n) is 2.73. The second kappa shape index (κ2) is 6.16. The van der Waals surface area contributed by atoms with Gasteiger partial charge in [0.1, 0.15) is 10.5 Å². The zero-order valence-corrected chi connectivity index (χ0v) is 13.4. The molecule has 3 aromatic heterocycles. The number of fused-ring (bicyclic) bond motifs is 3. The summed E-state index contributed by atoms with van der Waals surface area (Å²) in [6, 6.07) is 5.59. The van der Waals surface area contributed by atoms with Crippen LogP contribution in [0.25, 0.3) is 21.7 Å². The molecule has 4 heterocycles. The number of H-pyrrole nitrogens is 1. The fourth-order valence-corrected chi connectivity index (χ4v) is 3.92. The molecule has 3 aromatic rings. The van der Waals surface area contributed by atoms with Crippen LogP contribution in [0.15, 0.2) is 29.2 Å². The molecule has 2 N–H and O–H groups in total. The third kappa shape index (κ3) is 2.54. The molecule has 5 nitrogen and oxygen atoms in total. The number of aryl methyl sites for hydroxylation is 1. The molecule has 4 rings (SSSR count). The van der Waals surface area contributed by atoms with Gasteiger partial charge in [0.15, 0.2) is 5.82 Å². The minimum absolute atomic E-state index is 0. The SMILES string of the molecule is Cl.O=c1[nH]c(-c2ccccn2)nc2sc3c(c12)CCCNC3. The van der Waals surface area contributed by atoms with E-state index >= 15 is 0 Å². The molecule has 0 unspecified atom stereocenters. The summed E-state index contributed by atoms with van der Waals surface area (Å²) < 4.78 is 0. The van der Waals surface area contributed by atoms with Crippen LogP contribution in [0.4, 0.5) is 0 Å². The highest BCUT2D eigenvalue weighted by Crippen LogP contribution is 2.30. The van der Waals surface area contributed by atoms with Gasteiger partial charge in [-0.05, 0) is 37.1 Å². The fraction of sp³-hybridized carbons (Fsp3) is 0.267. The van der Waals surface area contributed by atoms with E-state index in [4.69, 9.17) is 0 Å². The maximum atomic E-state index is 12.5. The summed E-state index contributed by atoms with van der Waals surface area (Å²) in [6.07, 6.45) is 3.70. The molecule has 0 saturated carbocycles. The number of halogens is 1. The van der Waals surface area contributed by atoms with E-state index in [0.29, 0.717) is 11.5 Å². The van der Waals surface area contributed by atoms with Crippen LogP contribution in [-0.2, 0) is 13.0 Å². The Balaban J connectivity index is 0.00000144. The lowest BCUT2D eigenvalue weighted by atomic mass is 10.1. The minimum Gasteiger partial charge on any atom is -0.312 e. The van der Waals surface area contributed by atoms with E-state index in [1.807, 2.05) is 18.2 Å². The molecular weight excluding hydrogens is 320 g/mol. The lowest BCUT2D eigenvalue weighted by molar-refractivity contribution is 0.683. The normalized spacial score (nSPS) is 14.2. The molecule has 0 aliphatic carbocycles. The number of aromatic amines is 1. The molecule has 1 aliphatic heterocycles. The smallest absolute Gasteiger partial charge is 0.260 e. The second-order valence-corrected chi connectivity index (χ2v) is 6.18. The van der Waals surface area contributed by atoms with Crippen molar-refractivity contribution in [2.75, 3.05) is 6.54 Å². The van der Waals surface area contributed by atoms with Crippen LogP contribution in [0.3, 0.4) is 0 Å². The van der Waals surface area contributed by atoms with Crippen LogP contribution in [0.2, 0.25) is 0 Å². The summed E-state index contributed by atoms with van der Waals surface area (Å²) >= 11 is 1.61. The summed E-state index contributed by atoms with van der Waals surface area (Å²) in [5, 5.41) is 4.15. The van der Waals surface area contributed by atoms with Gasteiger partial charge in [-0.15, -0.1) is 23.7 Å². The largest absolute Gasteiger partial charge is 0.312 e. The number of rotatable bonds is 1. The molecule has 0 amide bonds. The van der Waals surface area contributed by atoms with Gasteiger partial charge in [0.05, 0.1) is 5.39 Å². The van der Waals surface area contributed by atoms with Crippen molar-refractivity contribution in [1.29, 1.82) is 0 Å². The first kappa shape index (κ1) is 15.1. The highest BCUT2D eigenvalue weighted by molar-refractivity contribution is 7.18. The summed E-state index contributed by atoms with van der Waals surface area (Å²) in [5.41, 5.74) is 1.81. The van der Waals surface area contributed by atoms with Crippen molar-refractivity contribution in [2.45, 2.75) is 19.4 Å². The van der Waals surface area contributed by atoms with E-state index in [0.717, 1.165) is 36.1 Å². The number of aromatic nitrogens is 3. The van der Waals surface area contributed by atoms with Gasteiger partial charge in [-0.3, -0.25) is 9.78 Å². The molecule has 0 fully saturated rings. The molecule has 0 atom stereocenters. The molecular formula is C15H15ClN4OS. The molecule has 0 spiro atoms. The number of nitrogens with zero attached hydrogens (tertiary/aromatic N) is 2. The van der Waals surface area contributed by atoms with Crippen LogP contribution in [0.1, 0.15) is 16.9 Å². The summed E-state index contributed by atoms with van der Waals surface area (Å²) in [7, 11) is 0. The third-order valence-corrected chi connectivity index (χ3v) is 4.84. The summed E-state index contributed by atoms with van der Waals surface area (Å²) in [4.78, 5) is 26.3. The first-order valence-corrected chi connectivity index (χ1v) is 7.81. The maximum absolute atomic E-state index is 12.5. The summed E-state index contributed by atoms with van der Waals surface area (Å²) in [5.74, 6) is 0.539. The molecule has 114 valence electrons. The first-order chi connectivity index (χ1) is 10.3. The minimum atomic E-state index is -0.0555. The van der Waals surface area contributed by atoms with E-state index in [2.05, 4.69) is 20.3 Å². The molecule has 1 aliphatic rings. The van der Waals surface area contributed by atoms with Crippen LogP contribution in [0, 0.1) is 0 Å². The number of nitrogens with one attached hydrogen (secondary N) is 2. The average molecular weight is 335 g/mol. The van der Waals surface area contributed by atoms with E-state index in [1.165, 1.54) is 10.4 Å². The zero-order valence-electron chi connectivity index (χ0n) is 11.8. The molecule has 0 saturated heterocycles. The molecule has 7 heteroatoms. The predicted molar refractivity (Wildman–Crippen MR) is 90.7 cm³/mol. The van der Waals surface area contributed by atoms with Gasteiger partial charge in [-0.1, -0.05) is 6.07 Å². The van der Waals surface area contributed by atoms with E-state index in [-0.39, 0.29) is 18.0 Å². The van der Waals surface area contributed by atoms with Gasteiger partial charge < -0.3 is 10.3 Å². The Morgan fingerprint density at radius 2 is 2.18 bits per heavy atom. The highest BCUT2D eigenvalue weighted by Gasteiger charge is 2.19. The lowest BCUT2D eigenvalue weighted by Gasteiger charge is -2.01. The molecule has 0 aromatic carbocycles. The van der Waals surface area contributed by atoms with E-state index < -0.39 is 0 Å². The van der Waals surface area contributed by atoms with Crippen LogP contribution >= 0.6 is 23.7 Å². The number of hydrogen-bond acceptors (Lipinski definition) is 5. The first-order valence-electron chi connectivity index (χ1n) is 6.99. The van der Waals surface area contributed by atoms with Crippen LogP contribution in [0.5, 0.6) is 0 Å². The number of hydrogen-bond donors (Lipinski definition) is 2. The predicted octanol–water partition coefficient (Wildman–Crippen LogP) is 2.50. The van der Waals surface area contributed by atoms with Crippen LogP contribution in [-0.4, -0.2) is 21.5 Å². The number of pyridine rings is 1. The van der Waals surface area contributed by atoms with Crippen molar-refractivity contribution in [1.82, 2.24) is 20.3 Å². The van der Waals surface area contributed by atoms with Gasteiger partial charge >= 0.3 is 0 Å². The van der Waals surface area contributed by atoms with Crippen molar-refractivity contribution < 1.29 is 0 Å². The number of thiophene rings is 1. The maximum Gasteiger partial charge on any atom is 0.260 e. The molecule has 0 radical (unpaired) electrons. The van der Waals surface area contributed by atoms with Crippen molar-refractivity contribution in [3.8, 4) is 11.5 Å². The van der Waals surface area contributed by atoms with Gasteiger partial charge in [-0.25, -0.2) is 4.98 Å². The van der Waals surface area contributed by atoms with E-state index in [1.54, 1.807) is 17.5 Å². The quantitative estimate of drug-likeness (QED) is 0.717. The Hall–Kier alpha value is -1.76. The van der Waals surface area contributed by atoms with Crippen molar-refractivity contribution in [3.05, 3.63) is 45.2 Å². The summed E-state index contributed by atoms with van der Waals surface area (Å²) in [6.45, 7) is 1.83. The Kier molecular flexibility index (Phi) is 4.24. The second-order valence-electron chi connectivity index (χ2n) is 5.09. The van der Waals surface area contributed by atoms with E-state index in [9.17, 15) is 4.79 Å². The topological polar surface area (TPSA) is 70.7 Å². The zero-order chi connectivity index (χ0) is 14.2. The molecule has 0 bridgehead atoms. The lowest BCUT2D eigenvalue weighted by Crippen LogP contribution is -2.11. The Morgan fingerprint density at radius 1 is 1.27 bits per heavy atom. The Labute approximate surface area is 137 Å². The van der Waals surface area contributed by atoms with Gasteiger partial charge in [0.25, 0.3) is 5.56 Å². The van der Waals surface area contributed by atoms with Gasteiger partial charge in [-0.2, -0.15) is 0 Å². The third-order valence-electron chi connectivity index (χ3n) is 3.72. The Bertz CT molecular complexity index is 859. The monoisotopic (exact) mass is 334 g/mol. The highest BCUT2D eigenvalue weighted by atomic mass is 35.5. The van der Waals surface area contributed by atoms with Crippen molar-refractivity contribution >= 4 is 34.0 Å². The van der Waals surface area contributed by atoms with Gasteiger partial charge in [0.2, 0.25) is 0 Å². The standard InChI is InChI=1S/C15H14N4OS.ClH/c20-14-12-9-4-3-6-16-8-11(9)21-15(12)19-13(18-14)10-5-1-2-7-17-10;/h1-2,5,7,16H,3-4,6,8H2,(H,18,19,20);1H. The van der Waals surface area contributed by atoms with Crippen molar-refractivity contribution in [2.24, 2.45) is 0 Å². The Morgan fingerprint density at radius 3 is 3.00 bits per heavy atom. The molecule has 22 heavy (non-hydrogen) atoms. The van der Waals surface area contributed by atoms with Crippen LogP contribution < -0.4 is 10.9 Å².